The van der Waals surface area contributed by atoms with Crippen LogP contribution in [-0.4, -0.2) is 29.4 Å². The Bertz CT molecular complexity index is 106. The summed E-state index contributed by atoms with van der Waals surface area (Å²) in [6.45, 7) is 4.94. The zero-order chi connectivity index (χ0) is 8.10. The second-order valence-corrected chi connectivity index (χ2v) is 4.08. The van der Waals surface area contributed by atoms with E-state index in [1.165, 1.54) is 38.8 Å². The Morgan fingerprint density at radius 1 is 1.55 bits per heavy atom. The SMILES string of the molecule is CCC1CCCN1CCCBr. The van der Waals surface area contributed by atoms with Crippen LogP contribution in [0.1, 0.15) is 32.6 Å². The molecule has 0 saturated carbocycles. The topological polar surface area (TPSA) is 3.24 Å². The number of likely N-dealkylation sites (tertiary alicyclic amines) is 1. The second kappa shape index (κ2) is 5.15. The van der Waals surface area contributed by atoms with Gasteiger partial charge < -0.3 is 4.90 Å². The van der Waals surface area contributed by atoms with Crippen LogP contribution in [0.25, 0.3) is 0 Å². The fourth-order valence-electron chi connectivity index (χ4n) is 1.91. The van der Waals surface area contributed by atoms with Gasteiger partial charge in [-0.05, 0) is 38.8 Å². The molecular weight excluding hydrogens is 202 g/mol. The Morgan fingerprint density at radius 2 is 2.36 bits per heavy atom. The van der Waals surface area contributed by atoms with Crippen molar-refractivity contribution < 1.29 is 0 Å². The van der Waals surface area contributed by atoms with Crippen LogP contribution in [-0.2, 0) is 0 Å². The van der Waals surface area contributed by atoms with E-state index in [4.69, 9.17) is 0 Å². The first-order valence-electron chi connectivity index (χ1n) is 4.68. The van der Waals surface area contributed by atoms with Gasteiger partial charge in [0.1, 0.15) is 0 Å². The summed E-state index contributed by atoms with van der Waals surface area (Å²) in [6.07, 6.45) is 5.48. The van der Waals surface area contributed by atoms with Crippen molar-refractivity contribution in [2.45, 2.75) is 38.6 Å². The Morgan fingerprint density at radius 3 is 3.00 bits per heavy atom. The third-order valence-corrected chi connectivity index (χ3v) is 3.11. The van der Waals surface area contributed by atoms with Crippen molar-refractivity contribution in [2.75, 3.05) is 18.4 Å². The lowest BCUT2D eigenvalue weighted by Crippen LogP contribution is -2.29. The van der Waals surface area contributed by atoms with Gasteiger partial charge in [0, 0.05) is 11.4 Å². The van der Waals surface area contributed by atoms with Crippen LogP contribution >= 0.6 is 15.9 Å². The fourth-order valence-corrected chi connectivity index (χ4v) is 2.17. The first-order chi connectivity index (χ1) is 5.38. The summed E-state index contributed by atoms with van der Waals surface area (Å²) in [4.78, 5) is 2.64. The van der Waals surface area contributed by atoms with Gasteiger partial charge in [-0.2, -0.15) is 0 Å². The normalized spacial score (nSPS) is 26.2. The zero-order valence-corrected chi connectivity index (χ0v) is 8.94. The Kier molecular flexibility index (Phi) is 4.46. The minimum absolute atomic E-state index is 0.897. The lowest BCUT2D eigenvalue weighted by Gasteiger charge is -2.22. The molecule has 0 aromatic carbocycles. The van der Waals surface area contributed by atoms with Gasteiger partial charge in [0.2, 0.25) is 0 Å². The minimum atomic E-state index is 0.897. The first kappa shape index (κ1) is 9.53. The van der Waals surface area contributed by atoms with E-state index >= 15 is 0 Å². The van der Waals surface area contributed by atoms with E-state index in [0.29, 0.717) is 0 Å². The van der Waals surface area contributed by atoms with Crippen molar-refractivity contribution in [3.8, 4) is 0 Å². The highest BCUT2D eigenvalue weighted by molar-refractivity contribution is 9.09. The molecule has 1 aliphatic heterocycles. The lowest BCUT2D eigenvalue weighted by atomic mass is 10.2. The van der Waals surface area contributed by atoms with Crippen molar-refractivity contribution in [2.24, 2.45) is 0 Å². The number of hydrogen-bond donors (Lipinski definition) is 0. The van der Waals surface area contributed by atoms with Gasteiger partial charge in [-0.3, -0.25) is 0 Å². The molecule has 1 nitrogen and oxygen atoms in total. The number of rotatable bonds is 4. The molecule has 0 aromatic heterocycles. The predicted octanol–water partition coefficient (Wildman–Crippen LogP) is 2.65. The van der Waals surface area contributed by atoms with E-state index in [0.717, 1.165) is 11.4 Å². The number of halogens is 1. The maximum Gasteiger partial charge on any atom is 0.00931 e. The van der Waals surface area contributed by atoms with Gasteiger partial charge in [-0.1, -0.05) is 22.9 Å². The first-order valence-corrected chi connectivity index (χ1v) is 5.80. The third kappa shape index (κ3) is 2.75. The average Bonchev–Trinajstić information content (AvgIpc) is 2.47. The highest BCUT2D eigenvalue weighted by Gasteiger charge is 2.21. The summed E-state index contributed by atoms with van der Waals surface area (Å²) < 4.78 is 0. The van der Waals surface area contributed by atoms with Crippen LogP contribution in [0.15, 0.2) is 0 Å². The van der Waals surface area contributed by atoms with E-state index in [1.54, 1.807) is 0 Å². The summed E-state index contributed by atoms with van der Waals surface area (Å²) in [6, 6.07) is 0.897. The molecule has 0 bridgehead atoms. The fraction of sp³-hybridized carbons (Fsp3) is 1.00. The zero-order valence-electron chi connectivity index (χ0n) is 7.35. The second-order valence-electron chi connectivity index (χ2n) is 3.28. The van der Waals surface area contributed by atoms with Crippen LogP contribution in [0.3, 0.4) is 0 Å². The molecule has 1 atom stereocenters. The third-order valence-electron chi connectivity index (χ3n) is 2.55. The molecular formula is C9H18BrN. The smallest absolute Gasteiger partial charge is 0.00931 e. The van der Waals surface area contributed by atoms with Gasteiger partial charge in [0.05, 0.1) is 0 Å². The average molecular weight is 220 g/mol. The molecule has 0 aliphatic carbocycles. The molecule has 11 heavy (non-hydrogen) atoms. The summed E-state index contributed by atoms with van der Waals surface area (Å²) in [7, 11) is 0. The molecule has 1 fully saturated rings. The minimum Gasteiger partial charge on any atom is -0.300 e. The number of hydrogen-bond acceptors (Lipinski definition) is 1. The predicted molar refractivity (Wildman–Crippen MR) is 53.3 cm³/mol. The molecule has 1 saturated heterocycles. The molecule has 0 spiro atoms. The monoisotopic (exact) mass is 219 g/mol. The van der Waals surface area contributed by atoms with Gasteiger partial charge in [0.25, 0.3) is 0 Å². The number of alkyl halides is 1. The van der Waals surface area contributed by atoms with E-state index in [2.05, 4.69) is 27.8 Å². The quantitative estimate of drug-likeness (QED) is 0.658. The standard InChI is InChI=1S/C9H18BrN/c1-2-9-5-3-7-11(9)8-4-6-10/h9H,2-8H2,1H3. The molecule has 1 heterocycles. The van der Waals surface area contributed by atoms with Crippen molar-refractivity contribution in [1.29, 1.82) is 0 Å². The Hall–Kier alpha value is 0.440. The highest BCUT2D eigenvalue weighted by Crippen LogP contribution is 2.19. The summed E-state index contributed by atoms with van der Waals surface area (Å²) >= 11 is 3.47. The van der Waals surface area contributed by atoms with E-state index in [-0.39, 0.29) is 0 Å². The van der Waals surface area contributed by atoms with Crippen LogP contribution in [0.5, 0.6) is 0 Å². The summed E-state index contributed by atoms with van der Waals surface area (Å²) in [5.74, 6) is 0. The Labute approximate surface area is 78.3 Å². The largest absolute Gasteiger partial charge is 0.300 e. The lowest BCUT2D eigenvalue weighted by molar-refractivity contribution is 0.250. The molecule has 0 N–H and O–H groups in total. The van der Waals surface area contributed by atoms with E-state index in [9.17, 15) is 0 Å². The van der Waals surface area contributed by atoms with Crippen LogP contribution in [0, 0.1) is 0 Å². The van der Waals surface area contributed by atoms with Gasteiger partial charge in [-0.25, -0.2) is 0 Å². The van der Waals surface area contributed by atoms with Crippen LogP contribution in [0.4, 0.5) is 0 Å². The van der Waals surface area contributed by atoms with E-state index < -0.39 is 0 Å². The van der Waals surface area contributed by atoms with Crippen molar-refractivity contribution in [1.82, 2.24) is 4.90 Å². The molecule has 1 aliphatic rings. The van der Waals surface area contributed by atoms with Crippen molar-refractivity contribution in [3.63, 3.8) is 0 Å². The van der Waals surface area contributed by atoms with Crippen molar-refractivity contribution >= 4 is 15.9 Å². The molecule has 1 rings (SSSR count). The number of nitrogens with zero attached hydrogens (tertiary/aromatic N) is 1. The Balaban J connectivity index is 2.20. The highest BCUT2D eigenvalue weighted by atomic mass is 79.9. The summed E-state index contributed by atoms with van der Waals surface area (Å²) in [5.41, 5.74) is 0. The van der Waals surface area contributed by atoms with Crippen LogP contribution in [0.2, 0.25) is 0 Å². The molecule has 0 radical (unpaired) electrons. The van der Waals surface area contributed by atoms with Crippen molar-refractivity contribution in [3.05, 3.63) is 0 Å². The molecule has 0 aromatic rings. The van der Waals surface area contributed by atoms with E-state index in [1.807, 2.05) is 0 Å². The maximum atomic E-state index is 3.47. The van der Waals surface area contributed by atoms with Gasteiger partial charge in [-0.15, -0.1) is 0 Å². The molecule has 66 valence electrons. The van der Waals surface area contributed by atoms with Gasteiger partial charge >= 0.3 is 0 Å². The molecule has 0 amide bonds. The van der Waals surface area contributed by atoms with Gasteiger partial charge in [0.15, 0.2) is 0 Å². The maximum absolute atomic E-state index is 3.47. The molecule has 1 unspecified atom stereocenters. The summed E-state index contributed by atoms with van der Waals surface area (Å²) in [5, 5.41) is 1.15. The molecule has 2 heteroatoms. The van der Waals surface area contributed by atoms with Crippen LogP contribution < -0.4 is 0 Å².